The lowest BCUT2D eigenvalue weighted by Gasteiger charge is -2.47. The molecule has 2 N–H and O–H groups in total. The molecule has 0 aromatic heterocycles. The van der Waals surface area contributed by atoms with Gasteiger partial charge in [0.25, 0.3) is 0 Å². The SMILES string of the molecule is CC(C)(C)[Si](C)(C)O[C@@]1(O)Cc2ccccc2[C@@]1(O)c1ccccc1. The first-order valence-corrected chi connectivity index (χ1v) is 11.7. The van der Waals surface area contributed by atoms with Crippen LogP contribution in [0.2, 0.25) is 18.1 Å². The van der Waals surface area contributed by atoms with Crippen molar-refractivity contribution >= 4 is 8.32 Å². The number of rotatable bonds is 3. The molecule has 1 aliphatic carbocycles. The Morgan fingerprint density at radius 1 is 0.920 bits per heavy atom. The first kappa shape index (κ1) is 18.3. The third kappa shape index (κ3) is 2.77. The molecule has 134 valence electrons. The fourth-order valence-corrected chi connectivity index (χ4v) is 4.74. The van der Waals surface area contributed by atoms with Gasteiger partial charge in [0.15, 0.2) is 19.7 Å². The van der Waals surface area contributed by atoms with E-state index >= 15 is 0 Å². The Kier molecular flexibility index (Phi) is 4.24. The highest BCUT2D eigenvalue weighted by molar-refractivity contribution is 6.74. The first-order chi connectivity index (χ1) is 11.5. The molecule has 2 aromatic carbocycles. The van der Waals surface area contributed by atoms with Crippen molar-refractivity contribution < 1.29 is 14.6 Å². The van der Waals surface area contributed by atoms with Crippen LogP contribution in [0.5, 0.6) is 0 Å². The van der Waals surface area contributed by atoms with Gasteiger partial charge in [0.2, 0.25) is 0 Å². The van der Waals surface area contributed by atoms with Crippen molar-refractivity contribution in [1.82, 2.24) is 0 Å². The second-order valence-electron chi connectivity index (χ2n) is 8.56. The Balaban J connectivity index is 2.16. The zero-order chi connectivity index (χ0) is 18.5. The molecule has 4 heteroatoms. The van der Waals surface area contributed by atoms with Crippen molar-refractivity contribution in [3.63, 3.8) is 0 Å². The molecular weight excluding hydrogens is 328 g/mol. The Hall–Kier alpha value is -1.46. The summed E-state index contributed by atoms with van der Waals surface area (Å²) in [6.45, 7) is 10.6. The minimum Gasteiger partial charge on any atom is -0.387 e. The van der Waals surface area contributed by atoms with Crippen LogP contribution in [0.3, 0.4) is 0 Å². The molecule has 3 nitrogen and oxygen atoms in total. The highest BCUT2D eigenvalue weighted by Gasteiger charge is 2.61. The smallest absolute Gasteiger partial charge is 0.198 e. The van der Waals surface area contributed by atoms with Crippen LogP contribution in [0.4, 0.5) is 0 Å². The molecule has 0 heterocycles. The Morgan fingerprint density at radius 2 is 1.48 bits per heavy atom. The predicted molar refractivity (Wildman–Crippen MR) is 103 cm³/mol. The van der Waals surface area contributed by atoms with Crippen molar-refractivity contribution in [3.8, 4) is 0 Å². The van der Waals surface area contributed by atoms with Crippen LogP contribution in [0.25, 0.3) is 0 Å². The average Bonchev–Trinajstić information content (AvgIpc) is 2.75. The van der Waals surface area contributed by atoms with E-state index in [1.807, 2.05) is 54.6 Å². The molecule has 0 saturated carbocycles. The predicted octanol–water partition coefficient (Wildman–Crippen LogP) is 4.19. The molecule has 25 heavy (non-hydrogen) atoms. The number of hydrogen-bond donors (Lipinski definition) is 2. The summed E-state index contributed by atoms with van der Waals surface area (Å²) < 4.78 is 6.45. The van der Waals surface area contributed by atoms with Gasteiger partial charge in [0, 0.05) is 6.42 Å². The number of fused-ring (bicyclic) bond motifs is 1. The van der Waals surface area contributed by atoms with Gasteiger partial charge in [-0.05, 0) is 34.8 Å². The van der Waals surface area contributed by atoms with E-state index in [0.717, 1.165) is 11.1 Å². The maximum absolute atomic E-state index is 11.8. The maximum Gasteiger partial charge on any atom is 0.198 e. The normalized spacial score (nSPS) is 26.5. The molecule has 0 spiro atoms. The largest absolute Gasteiger partial charge is 0.387 e. The molecule has 2 atom stereocenters. The van der Waals surface area contributed by atoms with E-state index in [9.17, 15) is 10.2 Å². The molecule has 2 aromatic rings. The van der Waals surface area contributed by atoms with Gasteiger partial charge in [0.05, 0.1) is 0 Å². The summed E-state index contributed by atoms with van der Waals surface area (Å²) in [6, 6.07) is 17.0. The van der Waals surface area contributed by atoms with Crippen LogP contribution in [0.15, 0.2) is 54.6 Å². The van der Waals surface area contributed by atoms with E-state index in [1.54, 1.807) is 0 Å². The van der Waals surface area contributed by atoms with Gasteiger partial charge in [0.1, 0.15) is 0 Å². The molecule has 0 radical (unpaired) electrons. The van der Waals surface area contributed by atoms with Gasteiger partial charge in [-0.1, -0.05) is 75.4 Å². The van der Waals surface area contributed by atoms with Crippen molar-refractivity contribution in [2.75, 3.05) is 0 Å². The minimum absolute atomic E-state index is 0.0743. The highest BCUT2D eigenvalue weighted by atomic mass is 28.4. The van der Waals surface area contributed by atoms with Gasteiger partial charge in [-0.25, -0.2) is 0 Å². The molecule has 0 saturated heterocycles. The Labute approximate surface area is 151 Å². The summed E-state index contributed by atoms with van der Waals surface area (Å²) in [6.07, 6.45) is 0.279. The lowest BCUT2D eigenvalue weighted by molar-refractivity contribution is -0.243. The number of hydrogen-bond acceptors (Lipinski definition) is 3. The van der Waals surface area contributed by atoms with Gasteiger partial charge >= 0.3 is 0 Å². The van der Waals surface area contributed by atoms with Crippen LogP contribution in [0, 0.1) is 0 Å². The molecule has 0 bridgehead atoms. The zero-order valence-corrected chi connectivity index (χ0v) is 16.7. The van der Waals surface area contributed by atoms with Crippen molar-refractivity contribution in [2.24, 2.45) is 0 Å². The first-order valence-electron chi connectivity index (χ1n) is 8.80. The molecule has 3 rings (SSSR count). The topological polar surface area (TPSA) is 49.7 Å². The molecule has 0 unspecified atom stereocenters. The van der Waals surface area contributed by atoms with Gasteiger partial charge in [-0.2, -0.15) is 0 Å². The van der Waals surface area contributed by atoms with Gasteiger partial charge in [-0.15, -0.1) is 0 Å². The lowest BCUT2D eigenvalue weighted by Crippen LogP contribution is -2.59. The lowest BCUT2D eigenvalue weighted by atomic mass is 9.84. The quantitative estimate of drug-likeness (QED) is 0.640. The highest BCUT2D eigenvalue weighted by Crippen LogP contribution is 2.52. The summed E-state index contributed by atoms with van der Waals surface area (Å²) in [5, 5.41) is 23.4. The summed E-state index contributed by atoms with van der Waals surface area (Å²) in [5.41, 5.74) is 0.721. The maximum atomic E-state index is 11.8. The molecule has 0 aliphatic heterocycles. The van der Waals surface area contributed by atoms with E-state index in [2.05, 4.69) is 33.9 Å². The van der Waals surface area contributed by atoms with Crippen LogP contribution in [-0.4, -0.2) is 24.3 Å². The fraction of sp³-hybridized carbons (Fsp3) is 0.429. The number of aliphatic hydroxyl groups is 2. The van der Waals surface area contributed by atoms with E-state index in [1.165, 1.54) is 0 Å². The third-order valence-corrected chi connectivity index (χ3v) is 10.3. The second-order valence-corrected chi connectivity index (χ2v) is 13.3. The fourth-order valence-electron chi connectivity index (χ4n) is 3.37. The van der Waals surface area contributed by atoms with Crippen LogP contribution in [0.1, 0.15) is 37.5 Å². The Morgan fingerprint density at radius 3 is 2.08 bits per heavy atom. The minimum atomic E-state index is -2.31. The summed E-state index contributed by atoms with van der Waals surface area (Å²) in [4.78, 5) is 0. The second kappa shape index (κ2) is 5.78. The van der Waals surface area contributed by atoms with E-state index in [4.69, 9.17) is 4.43 Å². The summed E-state index contributed by atoms with van der Waals surface area (Å²) >= 11 is 0. The van der Waals surface area contributed by atoms with Crippen LogP contribution >= 0.6 is 0 Å². The molecule has 0 amide bonds. The third-order valence-electron chi connectivity index (χ3n) is 5.82. The Bertz CT molecular complexity index is 766. The van der Waals surface area contributed by atoms with E-state index in [0.29, 0.717) is 5.56 Å². The van der Waals surface area contributed by atoms with E-state index < -0.39 is 19.7 Å². The monoisotopic (exact) mass is 356 g/mol. The molecule has 1 aliphatic rings. The standard InChI is InChI=1S/C21H28O3Si/c1-19(2,3)25(4,5)24-20(22)15-16-11-9-10-14-18(16)21(20,23)17-12-7-6-8-13-17/h6-14,22-23H,15H2,1-5H3/t20-,21-/m0/s1. The van der Waals surface area contributed by atoms with Crippen molar-refractivity contribution in [2.45, 2.75) is 56.7 Å². The van der Waals surface area contributed by atoms with Gasteiger partial charge in [-0.3, -0.25) is 0 Å². The van der Waals surface area contributed by atoms with Crippen molar-refractivity contribution in [3.05, 3.63) is 71.3 Å². The van der Waals surface area contributed by atoms with Gasteiger partial charge < -0.3 is 14.6 Å². The van der Waals surface area contributed by atoms with Crippen LogP contribution < -0.4 is 0 Å². The van der Waals surface area contributed by atoms with Crippen LogP contribution in [-0.2, 0) is 16.4 Å². The molecule has 0 fully saturated rings. The number of benzene rings is 2. The average molecular weight is 357 g/mol. The van der Waals surface area contributed by atoms with Crippen molar-refractivity contribution in [1.29, 1.82) is 0 Å². The summed E-state index contributed by atoms with van der Waals surface area (Å²) in [5.74, 6) is -1.68. The molecular formula is C21H28O3Si. The van der Waals surface area contributed by atoms with E-state index in [-0.39, 0.29) is 11.5 Å². The summed E-state index contributed by atoms with van der Waals surface area (Å²) in [7, 11) is -2.31. The zero-order valence-electron chi connectivity index (χ0n) is 15.7.